The van der Waals surface area contributed by atoms with Crippen molar-refractivity contribution in [2.24, 2.45) is 9.98 Å². The molecule has 3 heteroatoms. The lowest BCUT2D eigenvalue weighted by molar-refractivity contribution is 0.680. The van der Waals surface area contributed by atoms with E-state index in [1.807, 2.05) is 6.07 Å². The molecule has 1 unspecified atom stereocenters. The second-order valence-corrected chi connectivity index (χ2v) is 12.2. The first-order valence-corrected chi connectivity index (χ1v) is 16.4. The monoisotopic (exact) mass is 613 g/mol. The number of hydrogen-bond acceptors (Lipinski definition) is 3. The molecule has 0 saturated heterocycles. The van der Waals surface area contributed by atoms with Crippen LogP contribution in [0.15, 0.2) is 186 Å². The molecule has 0 saturated carbocycles. The van der Waals surface area contributed by atoms with E-state index in [9.17, 15) is 0 Å². The van der Waals surface area contributed by atoms with Crippen molar-refractivity contribution >= 4 is 44.0 Å². The molecular weight excluding hydrogens is 583 g/mol. The van der Waals surface area contributed by atoms with Crippen molar-refractivity contribution in [3.63, 3.8) is 0 Å². The van der Waals surface area contributed by atoms with Gasteiger partial charge in [-0.15, -0.1) is 0 Å². The predicted octanol–water partition coefficient (Wildman–Crippen LogP) is 11.0. The third kappa shape index (κ3) is 4.94. The molecule has 1 heterocycles. The topological polar surface area (TPSA) is 36.8 Å². The van der Waals surface area contributed by atoms with Gasteiger partial charge in [-0.25, -0.2) is 9.98 Å². The highest BCUT2D eigenvalue weighted by Gasteiger charge is 2.24. The fraction of sp³-hybridized carbons (Fsp3) is 0.0222. The van der Waals surface area contributed by atoms with E-state index in [4.69, 9.17) is 9.98 Å². The van der Waals surface area contributed by atoms with Crippen LogP contribution >= 0.6 is 0 Å². The van der Waals surface area contributed by atoms with Crippen LogP contribution < -0.4 is 5.32 Å². The Labute approximate surface area is 279 Å². The van der Waals surface area contributed by atoms with Crippen LogP contribution in [0.2, 0.25) is 0 Å². The Morgan fingerprint density at radius 2 is 0.979 bits per heavy atom. The van der Waals surface area contributed by atoms with Crippen molar-refractivity contribution in [1.29, 1.82) is 0 Å². The predicted molar refractivity (Wildman–Crippen MR) is 202 cm³/mol. The Hall–Kier alpha value is -6.32. The van der Waals surface area contributed by atoms with E-state index in [2.05, 4.69) is 175 Å². The smallest absolute Gasteiger partial charge is 0.160 e. The highest BCUT2D eigenvalue weighted by molar-refractivity contribution is 6.19. The van der Waals surface area contributed by atoms with Gasteiger partial charge in [0.2, 0.25) is 0 Å². The first kappa shape index (κ1) is 27.9. The molecule has 1 N–H and O–H groups in total. The molecule has 0 amide bonds. The van der Waals surface area contributed by atoms with Crippen LogP contribution in [0.1, 0.15) is 22.9 Å². The summed E-state index contributed by atoms with van der Waals surface area (Å²) in [4.78, 5) is 10.6. The summed E-state index contributed by atoms with van der Waals surface area (Å²) in [6.45, 7) is 0. The van der Waals surface area contributed by atoms with Gasteiger partial charge in [0.1, 0.15) is 12.0 Å². The minimum atomic E-state index is -0.332. The molecule has 8 aromatic carbocycles. The van der Waals surface area contributed by atoms with Gasteiger partial charge < -0.3 is 5.32 Å². The van der Waals surface area contributed by atoms with E-state index in [1.54, 1.807) is 0 Å². The largest absolute Gasteiger partial charge is 0.344 e. The molecule has 1 atom stereocenters. The van der Waals surface area contributed by atoms with Crippen molar-refractivity contribution in [3.05, 3.63) is 193 Å². The Morgan fingerprint density at radius 1 is 0.396 bits per heavy atom. The number of benzene rings is 8. The fourth-order valence-corrected chi connectivity index (χ4v) is 7.02. The average Bonchev–Trinajstić information content (AvgIpc) is 3.17. The Kier molecular flexibility index (Phi) is 6.87. The van der Waals surface area contributed by atoms with Crippen LogP contribution in [0.4, 0.5) is 0 Å². The van der Waals surface area contributed by atoms with Crippen LogP contribution in [0.25, 0.3) is 54.6 Å². The van der Waals surface area contributed by atoms with Crippen molar-refractivity contribution in [1.82, 2.24) is 5.32 Å². The standard InChI is InChI=1S/C45H31N3/c1-3-14-31(15-4-1)35-21-11-23-40-38(35)22-12-24-41(40)44-46-43(32-16-5-2-6-17-32)47-45(48-44)42-28-27-36(37-19-9-10-20-39(37)42)34-26-25-30-13-7-8-18-33(30)29-34/h1-29,44H,(H,46,47,48). The zero-order valence-corrected chi connectivity index (χ0v) is 26.2. The second kappa shape index (κ2) is 11.8. The summed E-state index contributed by atoms with van der Waals surface area (Å²) >= 11 is 0. The lowest BCUT2D eigenvalue weighted by atomic mass is 9.93. The second-order valence-electron chi connectivity index (χ2n) is 12.2. The maximum atomic E-state index is 5.36. The van der Waals surface area contributed by atoms with Crippen LogP contribution in [0.5, 0.6) is 0 Å². The third-order valence-corrected chi connectivity index (χ3v) is 9.35. The molecule has 0 aliphatic carbocycles. The fourth-order valence-electron chi connectivity index (χ4n) is 7.02. The third-order valence-electron chi connectivity index (χ3n) is 9.35. The van der Waals surface area contributed by atoms with Crippen molar-refractivity contribution in [2.75, 3.05) is 0 Å². The molecule has 1 aliphatic heterocycles. The highest BCUT2D eigenvalue weighted by Crippen LogP contribution is 2.36. The molecule has 48 heavy (non-hydrogen) atoms. The van der Waals surface area contributed by atoms with E-state index < -0.39 is 0 Å². The minimum absolute atomic E-state index is 0.332. The molecule has 0 bridgehead atoms. The van der Waals surface area contributed by atoms with Gasteiger partial charge in [0.25, 0.3) is 0 Å². The first-order chi connectivity index (χ1) is 23.8. The maximum absolute atomic E-state index is 5.36. The van der Waals surface area contributed by atoms with Gasteiger partial charge in [0, 0.05) is 16.7 Å². The number of fused-ring (bicyclic) bond motifs is 3. The summed E-state index contributed by atoms with van der Waals surface area (Å²) in [7, 11) is 0. The number of amidine groups is 2. The van der Waals surface area contributed by atoms with Crippen LogP contribution in [-0.4, -0.2) is 11.7 Å². The normalized spacial score (nSPS) is 14.5. The average molecular weight is 614 g/mol. The van der Waals surface area contributed by atoms with Gasteiger partial charge in [-0.3, -0.25) is 0 Å². The molecule has 0 aromatic heterocycles. The molecule has 0 radical (unpaired) electrons. The summed E-state index contributed by atoms with van der Waals surface area (Å²) in [5.41, 5.74) is 7.95. The molecule has 3 nitrogen and oxygen atoms in total. The van der Waals surface area contributed by atoms with E-state index in [0.29, 0.717) is 0 Å². The summed E-state index contributed by atoms with van der Waals surface area (Å²) < 4.78 is 0. The lowest BCUT2D eigenvalue weighted by Crippen LogP contribution is -2.33. The number of aliphatic imine (C=N–C) groups is 2. The lowest BCUT2D eigenvalue weighted by Gasteiger charge is -2.25. The van der Waals surface area contributed by atoms with E-state index in [-0.39, 0.29) is 6.17 Å². The number of hydrogen-bond donors (Lipinski definition) is 1. The molecule has 226 valence electrons. The summed E-state index contributed by atoms with van der Waals surface area (Å²) in [6, 6.07) is 62.3. The highest BCUT2D eigenvalue weighted by atomic mass is 15.2. The molecule has 1 aliphatic rings. The number of rotatable bonds is 5. The zero-order chi connectivity index (χ0) is 31.9. The Bertz CT molecular complexity index is 2530. The van der Waals surface area contributed by atoms with E-state index >= 15 is 0 Å². The number of nitrogens with one attached hydrogen (secondary N) is 1. The molecule has 8 aromatic rings. The first-order valence-electron chi connectivity index (χ1n) is 16.4. The quantitative estimate of drug-likeness (QED) is 0.206. The SMILES string of the molecule is c1ccc(C2=NC(c3ccc(-c4ccc5ccccc5c4)c4ccccc34)=NC(c3cccc4c(-c5ccccc5)cccc34)N2)cc1. The zero-order valence-electron chi connectivity index (χ0n) is 26.2. The van der Waals surface area contributed by atoms with Gasteiger partial charge in [-0.1, -0.05) is 164 Å². The van der Waals surface area contributed by atoms with Crippen molar-refractivity contribution in [2.45, 2.75) is 6.17 Å². The van der Waals surface area contributed by atoms with E-state index in [0.717, 1.165) is 33.7 Å². The van der Waals surface area contributed by atoms with E-state index in [1.165, 1.54) is 49.2 Å². The van der Waals surface area contributed by atoms with Gasteiger partial charge >= 0.3 is 0 Å². The minimum Gasteiger partial charge on any atom is -0.344 e. The van der Waals surface area contributed by atoms with Crippen LogP contribution in [0.3, 0.4) is 0 Å². The maximum Gasteiger partial charge on any atom is 0.160 e. The van der Waals surface area contributed by atoms with Crippen LogP contribution in [-0.2, 0) is 0 Å². The Balaban J connectivity index is 1.22. The van der Waals surface area contributed by atoms with Gasteiger partial charge in [-0.2, -0.15) is 0 Å². The molecular formula is C45H31N3. The van der Waals surface area contributed by atoms with Crippen molar-refractivity contribution < 1.29 is 0 Å². The van der Waals surface area contributed by atoms with Gasteiger partial charge in [-0.05, 0) is 66.7 Å². The van der Waals surface area contributed by atoms with Gasteiger partial charge in [0.05, 0.1) is 0 Å². The van der Waals surface area contributed by atoms with Crippen LogP contribution in [0, 0.1) is 0 Å². The molecule has 9 rings (SSSR count). The molecule has 0 fully saturated rings. The molecule has 0 spiro atoms. The summed E-state index contributed by atoms with van der Waals surface area (Å²) in [6.07, 6.45) is -0.332. The Morgan fingerprint density at radius 3 is 1.79 bits per heavy atom. The van der Waals surface area contributed by atoms with Gasteiger partial charge in [0.15, 0.2) is 5.84 Å². The summed E-state index contributed by atoms with van der Waals surface area (Å²) in [5, 5.41) is 10.9. The number of nitrogens with zero attached hydrogens (tertiary/aromatic N) is 2. The van der Waals surface area contributed by atoms with Crippen molar-refractivity contribution in [3.8, 4) is 22.3 Å². The summed E-state index contributed by atoms with van der Waals surface area (Å²) in [5.74, 6) is 1.53.